The Bertz CT molecular complexity index is 343. The van der Waals surface area contributed by atoms with E-state index in [2.05, 4.69) is 0 Å². The Labute approximate surface area is 90.3 Å². The number of hydrogen-bond acceptors (Lipinski definition) is 5. The molecule has 8 nitrogen and oxygen atoms in total. The highest BCUT2D eigenvalue weighted by Gasteiger charge is 2.49. The predicted molar refractivity (Wildman–Crippen MR) is 49.8 cm³/mol. The zero-order chi connectivity index (χ0) is 12.5. The smallest absolute Gasteiger partial charge is 0.325 e. The van der Waals surface area contributed by atoms with E-state index in [4.69, 9.17) is 21.1 Å². The molecule has 0 saturated carbocycles. The van der Waals surface area contributed by atoms with Crippen molar-refractivity contribution in [3.8, 4) is 0 Å². The Morgan fingerprint density at radius 3 is 2.25 bits per heavy atom. The second-order valence-electron chi connectivity index (χ2n) is 3.82. The first-order valence-electron chi connectivity index (χ1n) is 4.47. The van der Waals surface area contributed by atoms with Crippen LogP contribution in [-0.2, 0) is 14.4 Å². The summed E-state index contributed by atoms with van der Waals surface area (Å²) in [5, 5.41) is 26.2. The third-order valence-corrected chi connectivity index (χ3v) is 2.53. The highest BCUT2D eigenvalue weighted by atomic mass is 16.4. The normalized spacial score (nSPS) is 30.2. The molecule has 1 saturated heterocycles. The van der Waals surface area contributed by atoms with Gasteiger partial charge < -0.3 is 21.1 Å². The van der Waals surface area contributed by atoms with E-state index in [-0.39, 0.29) is 13.0 Å². The van der Waals surface area contributed by atoms with Gasteiger partial charge in [0.05, 0.1) is 6.54 Å². The molecule has 90 valence electrons. The van der Waals surface area contributed by atoms with Crippen molar-refractivity contribution in [1.29, 1.82) is 0 Å². The molecule has 1 aliphatic heterocycles. The van der Waals surface area contributed by atoms with Crippen molar-refractivity contribution in [2.24, 2.45) is 5.73 Å². The predicted octanol–water partition coefficient (Wildman–Crippen LogP) is -1.99. The molecule has 0 aromatic heterocycles. The molecular weight excluding hydrogens is 220 g/mol. The van der Waals surface area contributed by atoms with Crippen LogP contribution in [0.5, 0.6) is 0 Å². The summed E-state index contributed by atoms with van der Waals surface area (Å²) in [6.07, 6.45) is -0.301. The van der Waals surface area contributed by atoms with Gasteiger partial charge in [0.15, 0.2) is 0 Å². The maximum atomic E-state index is 10.8. The maximum absolute atomic E-state index is 10.8. The quantitative estimate of drug-likeness (QED) is 0.436. The zero-order valence-corrected chi connectivity index (χ0v) is 8.29. The summed E-state index contributed by atoms with van der Waals surface area (Å²) in [5.41, 5.74) is 3.80. The highest BCUT2D eigenvalue weighted by molar-refractivity contribution is 5.84. The van der Waals surface area contributed by atoms with Gasteiger partial charge in [0.2, 0.25) is 0 Å². The average Bonchev–Trinajstić information content (AvgIpc) is 2.43. The number of carbonyl (C=O) groups is 3. The molecule has 0 bridgehead atoms. The van der Waals surface area contributed by atoms with Crippen LogP contribution in [0.2, 0.25) is 0 Å². The van der Waals surface area contributed by atoms with Crippen LogP contribution in [0.25, 0.3) is 0 Å². The van der Waals surface area contributed by atoms with E-state index in [0.29, 0.717) is 0 Å². The third kappa shape index (κ3) is 2.28. The largest absolute Gasteiger partial charge is 0.480 e. The van der Waals surface area contributed by atoms with Crippen LogP contribution in [0, 0.1) is 0 Å². The molecular formula is C8H12N2O6. The van der Waals surface area contributed by atoms with Gasteiger partial charge in [0, 0.05) is 13.0 Å². The van der Waals surface area contributed by atoms with Crippen LogP contribution in [-0.4, -0.2) is 62.8 Å². The Morgan fingerprint density at radius 1 is 1.31 bits per heavy atom. The lowest BCUT2D eigenvalue weighted by Crippen LogP contribution is -2.50. The van der Waals surface area contributed by atoms with Crippen molar-refractivity contribution in [2.75, 3.05) is 13.1 Å². The first-order chi connectivity index (χ1) is 7.26. The first-order valence-corrected chi connectivity index (χ1v) is 4.47. The summed E-state index contributed by atoms with van der Waals surface area (Å²) in [4.78, 5) is 33.2. The monoisotopic (exact) mass is 232 g/mol. The van der Waals surface area contributed by atoms with E-state index in [1.165, 1.54) is 0 Å². The molecule has 0 spiro atoms. The lowest BCUT2D eigenvalue weighted by molar-refractivity contribution is -0.145. The van der Waals surface area contributed by atoms with Crippen LogP contribution in [0.15, 0.2) is 0 Å². The van der Waals surface area contributed by atoms with E-state index in [9.17, 15) is 14.4 Å². The minimum Gasteiger partial charge on any atom is -0.480 e. The molecule has 1 fully saturated rings. The van der Waals surface area contributed by atoms with Crippen LogP contribution in [0.3, 0.4) is 0 Å². The number of rotatable bonds is 4. The van der Waals surface area contributed by atoms with E-state index in [1.807, 2.05) is 0 Å². The number of likely N-dealkylation sites (tertiary alicyclic amines) is 1. The molecule has 0 aromatic rings. The van der Waals surface area contributed by atoms with Gasteiger partial charge in [-0.3, -0.25) is 19.3 Å². The fraction of sp³-hybridized carbons (Fsp3) is 0.625. The van der Waals surface area contributed by atoms with E-state index in [1.54, 1.807) is 0 Å². The summed E-state index contributed by atoms with van der Waals surface area (Å²) in [6.45, 7) is -0.825. The average molecular weight is 232 g/mol. The molecule has 1 heterocycles. The van der Waals surface area contributed by atoms with E-state index < -0.39 is 36.0 Å². The van der Waals surface area contributed by atoms with Crippen LogP contribution in [0.1, 0.15) is 6.42 Å². The Kier molecular flexibility index (Phi) is 3.15. The number of carboxylic acid groups (broad SMARTS) is 3. The summed E-state index contributed by atoms with van der Waals surface area (Å²) >= 11 is 0. The highest BCUT2D eigenvalue weighted by Crippen LogP contribution is 2.25. The summed E-state index contributed by atoms with van der Waals surface area (Å²) < 4.78 is 0. The van der Waals surface area contributed by atoms with Crippen molar-refractivity contribution >= 4 is 17.9 Å². The van der Waals surface area contributed by atoms with Crippen LogP contribution >= 0.6 is 0 Å². The molecule has 2 atom stereocenters. The fourth-order valence-electron chi connectivity index (χ4n) is 1.75. The van der Waals surface area contributed by atoms with Gasteiger partial charge in [0.25, 0.3) is 0 Å². The molecule has 1 rings (SSSR count). The molecule has 0 amide bonds. The van der Waals surface area contributed by atoms with Crippen LogP contribution < -0.4 is 5.73 Å². The molecule has 16 heavy (non-hydrogen) atoms. The lowest BCUT2D eigenvalue weighted by Gasteiger charge is -2.19. The van der Waals surface area contributed by atoms with Gasteiger partial charge in [-0.15, -0.1) is 0 Å². The second-order valence-corrected chi connectivity index (χ2v) is 3.82. The topological polar surface area (TPSA) is 141 Å². The first kappa shape index (κ1) is 12.4. The third-order valence-electron chi connectivity index (χ3n) is 2.53. The molecule has 0 unspecified atom stereocenters. The van der Waals surface area contributed by atoms with Crippen molar-refractivity contribution in [1.82, 2.24) is 4.90 Å². The number of hydrogen-bond donors (Lipinski definition) is 4. The maximum Gasteiger partial charge on any atom is 0.325 e. The van der Waals surface area contributed by atoms with Crippen molar-refractivity contribution < 1.29 is 29.7 Å². The standard InChI is InChI=1S/C8H12N2O6/c9-8(7(15)16)1-4(6(13)14)10(3-8)2-5(11)12/h4H,1-3,9H2,(H,11,12)(H,13,14)(H,15,16)/t4-,8-/m1/s1. The van der Waals surface area contributed by atoms with Crippen molar-refractivity contribution in [3.05, 3.63) is 0 Å². The van der Waals surface area contributed by atoms with Gasteiger partial charge in [0.1, 0.15) is 11.6 Å². The Hall–Kier alpha value is -1.67. The summed E-state index contributed by atoms with van der Waals surface area (Å²) in [5.74, 6) is -3.82. The number of nitrogens with two attached hydrogens (primary N) is 1. The van der Waals surface area contributed by atoms with Gasteiger partial charge in [-0.2, -0.15) is 0 Å². The summed E-state index contributed by atoms with van der Waals surface area (Å²) in [6, 6.07) is -1.17. The molecule has 0 radical (unpaired) electrons. The zero-order valence-electron chi connectivity index (χ0n) is 8.29. The Morgan fingerprint density at radius 2 is 1.88 bits per heavy atom. The molecule has 1 aliphatic rings. The molecule has 5 N–H and O–H groups in total. The van der Waals surface area contributed by atoms with Gasteiger partial charge >= 0.3 is 17.9 Å². The van der Waals surface area contributed by atoms with Crippen LogP contribution in [0.4, 0.5) is 0 Å². The summed E-state index contributed by atoms with van der Waals surface area (Å²) in [7, 11) is 0. The number of carboxylic acids is 3. The minimum atomic E-state index is -1.70. The number of nitrogens with zero attached hydrogens (tertiary/aromatic N) is 1. The van der Waals surface area contributed by atoms with Crippen molar-refractivity contribution in [2.45, 2.75) is 18.0 Å². The van der Waals surface area contributed by atoms with Gasteiger partial charge in [-0.25, -0.2) is 0 Å². The lowest BCUT2D eigenvalue weighted by atomic mass is 9.98. The SMILES string of the molecule is N[C@]1(C(=O)O)C[C@H](C(=O)O)N(CC(=O)O)C1. The van der Waals surface area contributed by atoms with Gasteiger partial charge in [-0.05, 0) is 0 Å². The molecule has 8 heteroatoms. The van der Waals surface area contributed by atoms with E-state index >= 15 is 0 Å². The Balaban J connectivity index is 2.87. The number of aliphatic carboxylic acids is 3. The molecule has 0 aromatic carbocycles. The molecule has 0 aliphatic carbocycles. The second kappa shape index (κ2) is 4.06. The fourth-order valence-corrected chi connectivity index (χ4v) is 1.75. The van der Waals surface area contributed by atoms with Gasteiger partial charge in [-0.1, -0.05) is 0 Å². The minimum absolute atomic E-state index is 0.286. The van der Waals surface area contributed by atoms with E-state index in [0.717, 1.165) is 4.90 Å². The van der Waals surface area contributed by atoms with Crippen molar-refractivity contribution in [3.63, 3.8) is 0 Å².